The Morgan fingerprint density at radius 3 is 2.76 bits per heavy atom. The van der Waals surface area contributed by atoms with Crippen molar-refractivity contribution in [2.45, 2.75) is 13.5 Å². The average Bonchev–Trinajstić information content (AvgIpc) is 2.98. The summed E-state index contributed by atoms with van der Waals surface area (Å²) in [5.41, 5.74) is 1.95. The summed E-state index contributed by atoms with van der Waals surface area (Å²) in [6.45, 7) is 2.39. The molecule has 0 aliphatic carbocycles. The minimum atomic E-state index is -0.109. The number of aromatic nitrogens is 2. The molecule has 5 nitrogen and oxygen atoms in total. The van der Waals surface area contributed by atoms with Crippen LogP contribution >= 0.6 is 11.3 Å². The maximum Gasteiger partial charge on any atom is 0.270 e. The third-order valence-electron chi connectivity index (χ3n) is 3.64. The summed E-state index contributed by atoms with van der Waals surface area (Å²) in [5, 5.41) is 12.7. The number of thiazole rings is 1. The molecular formula is C19H16N4OS. The van der Waals surface area contributed by atoms with Crippen molar-refractivity contribution in [3.05, 3.63) is 80.0 Å². The molecule has 0 amide bonds. The molecule has 25 heavy (non-hydrogen) atoms. The van der Waals surface area contributed by atoms with E-state index in [1.54, 1.807) is 29.2 Å². The van der Waals surface area contributed by atoms with Crippen LogP contribution in [0.25, 0.3) is 11.8 Å². The van der Waals surface area contributed by atoms with Gasteiger partial charge in [-0.25, -0.2) is 0 Å². The first-order chi connectivity index (χ1) is 12.2. The Hall–Kier alpha value is -3.17. The molecule has 0 bridgehead atoms. The SMILES string of the molecule is CCn1c(=O)/c(=C\Nc2ccccc2)s/c1=C(/C#N)c1cccnc1. The molecule has 2 aromatic heterocycles. The standard InChI is InChI=1S/C19H16N4OS/c1-2-23-18(24)17(13-22-15-8-4-3-5-9-15)25-19(23)16(11-20)14-7-6-10-21-12-14/h3-10,12-13,22H,2H2,1H3/b17-13+,19-16-. The molecule has 1 N–H and O–H groups in total. The molecule has 0 fully saturated rings. The second kappa shape index (κ2) is 7.60. The van der Waals surface area contributed by atoms with Gasteiger partial charge in [-0.15, -0.1) is 11.3 Å². The Labute approximate surface area is 148 Å². The maximum absolute atomic E-state index is 12.7. The van der Waals surface area contributed by atoms with Crippen molar-refractivity contribution < 1.29 is 0 Å². The predicted octanol–water partition coefficient (Wildman–Crippen LogP) is 1.90. The lowest BCUT2D eigenvalue weighted by molar-refractivity contribution is 0.721. The predicted molar refractivity (Wildman–Crippen MR) is 100 cm³/mol. The van der Waals surface area contributed by atoms with E-state index in [1.165, 1.54) is 11.3 Å². The molecule has 0 saturated heterocycles. The fraction of sp³-hybridized carbons (Fsp3) is 0.105. The highest BCUT2D eigenvalue weighted by Crippen LogP contribution is 2.08. The van der Waals surface area contributed by atoms with Gasteiger partial charge < -0.3 is 5.32 Å². The summed E-state index contributed by atoms with van der Waals surface area (Å²) < 4.78 is 2.82. The van der Waals surface area contributed by atoms with Gasteiger partial charge in [-0.1, -0.05) is 24.3 Å². The molecule has 0 radical (unpaired) electrons. The number of para-hydroxylation sites is 1. The average molecular weight is 348 g/mol. The van der Waals surface area contributed by atoms with Crippen molar-refractivity contribution in [1.29, 1.82) is 5.26 Å². The van der Waals surface area contributed by atoms with Gasteiger partial charge in [0.1, 0.15) is 15.3 Å². The number of pyridine rings is 1. The first-order valence-corrected chi connectivity index (χ1v) is 8.62. The zero-order valence-corrected chi connectivity index (χ0v) is 14.5. The largest absolute Gasteiger partial charge is 0.360 e. The van der Waals surface area contributed by atoms with E-state index < -0.39 is 0 Å². The molecule has 2 heterocycles. The Morgan fingerprint density at radius 1 is 1.32 bits per heavy atom. The second-order valence-electron chi connectivity index (χ2n) is 5.20. The van der Waals surface area contributed by atoms with Gasteiger partial charge in [-0.05, 0) is 25.1 Å². The first kappa shape index (κ1) is 16.7. The summed E-state index contributed by atoms with van der Waals surface area (Å²) >= 11 is 1.30. The number of nitrogens with zero attached hydrogens (tertiary/aromatic N) is 3. The number of nitriles is 1. The summed E-state index contributed by atoms with van der Waals surface area (Å²) in [7, 11) is 0. The minimum absolute atomic E-state index is 0.109. The van der Waals surface area contributed by atoms with Crippen molar-refractivity contribution in [2.75, 3.05) is 5.32 Å². The third kappa shape index (κ3) is 3.52. The Kier molecular flexibility index (Phi) is 5.07. The van der Waals surface area contributed by atoms with E-state index in [0.717, 1.165) is 5.69 Å². The van der Waals surface area contributed by atoms with Gasteiger partial charge in [0.2, 0.25) is 0 Å². The molecule has 0 spiro atoms. The number of benzene rings is 1. The quantitative estimate of drug-likeness (QED) is 0.782. The van der Waals surface area contributed by atoms with Crippen molar-refractivity contribution in [2.24, 2.45) is 0 Å². The van der Waals surface area contributed by atoms with E-state index in [1.807, 2.05) is 43.3 Å². The molecule has 0 saturated carbocycles. The van der Waals surface area contributed by atoms with Gasteiger partial charge in [0.15, 0.2) is 0 Å². The number of hydrogen-bond donors (Lipinski definition) is 1. The summed E-state index contributed by atoms with van der Waals surface area (Å²) in [6.07, 6.45) is 4.98. The topological polar surface area (TPSA) is 70.7 Å². The maximum atomic E-state index is 12.7. The van der Waals surface area contributed by atoms with E-state index >= 15 is 0 Å². The van der Waals surface area contributed by atoms with Gasteiger partial charge in [0.25, 0.3) is 5.56 Å². The summed E-state index contributed by atoms with van der Waals surface area (Å²) in [6, 6.07) is 15.4. The van der Waals surface area contributed by atoms with Gasteiger partial charge in [-0.3, -0.25) is 14.3 Å². The van der Waals surface area contributed by atoms with E-state index in [2.05, 4.69) is 16.4 Å². The van der Waals surface area contributed by atoms with Crippen LogP contribution in [-0.2, 0) is 6.54 Å². The number of rotatable bonds is 4. The van der Waals surface area contributed by atoms with Crippen LogP contribution in [0.4, 0.5) is 5.69 Å². The monoisotopic (exact) mass is 348 g/mol. The van der Waals surface area contributed by atoms with Crippen LogP contribution in [0.5, 0.6) is 0 Å². The van der Waals surface area contributed by atoms with Gasteiger partial charge in [0.05, 0.1) is 5.57 Å². The summed E-state index contributed by atoms with van der Waals surface area (Å²) in [5.74, 6) is 0. The number of nitrogens with one attached hydrogen (secondary N) is 1. The van der Waals surface area contributed by atoms with E-state index in [0.29, 0.717) is 26.9 Å². The highest BCUT2D eigenvalue weighted by Gasteiger charge is 2.10. The van der Waals surface area contributed by atoms with Crippen LogP contribution in [0.1, 0.15) is 12.5 Å². The molecule has 124 valence electrons. The molecule has 1 aromatic carbocycles. The molecule has 0 aliphatic rings. The Balaban J connectivity index is 2.18. The molecule has 3 rings (SSSR count). The lowest BCUT2D eigenvalue weighted by Gasteiger charge is -1.99. The third-order valence-corrected chi connectivity index (χ3v) is 4.77. The van der Waals surface area contributed by atoms with E-state index in [4.69, 9.17) is 0 Å². The number of hydrogen-bond acceptors (Lipinski definition) is 5. The van der Waals surface area contributed by atoms with E-state index in [9.17, 15) is 10.1 Å². The Bertz CT molecular complexity index is 1080. The van der Waals surface area contributed by atoms with Crippen LogP contribution in [0, 0.1) is 11.3 Å². The van der Waals surface area contributed by atoms with Gasteiger partial charge in [0, 0.05) is 36.4 Å². The highest BCUT2D eigenvalue weighted by atomic mass is 32.1. The van der Waals surface area contributed by atoms with Crippen LogP contribution in [0.15, 0.2) is 59.7 Å². The highest BCUT2D eigenvalue weighted by molar-refractivity contribution is 7.07. The minimum Gasteiger partial charge on any atom is -0.360 e. The molecule has 6 heteroatoms. The lowest BCUT2D eigenvalue weighted by atomic mass is 10.1. The summed E-state index contributed by atoms with van der Waals surface area (Å²) in [4.78, 5) is 16.7. The fourth-order valence-electron chi connectivity index (χ4n) is 2.42. The van der Waals surface area contributed by atoms with Crippen LogP contribution < -0.4 is 20.1 Å². The van der Waals surface area contributed by atoms with Crippen LogP contribution in [0.2, 0.25) is 0 Å². The fourth-order valence-corrected chi connectivity index (χ4v) is 3.53. The van der Waals surface area contributed by atoms with Crippen LogP contribution in [-0.4, -0.2) is 9.55 Å². The zero-order valence-electron chi connectivity index (χ0n) is 13.6. The van der Waals surface area contributed by atoms with Crippen LogP contribution in [0.3, 0.4) is 0 Å². The normalized spacial score (nSPS) is 12.6. The smallest absolute Gasteiger partial charge is 0.270 e. The Morgan fingerprint density at radius 2 is 2.12 bits per heavy atom. The molecular weight excluding hydrogens is 332 g/mol. The van der Waals surface area contributed by atoms with Crippen molar-refractivity contribution in [3.8, 4) is 6.07 Å². The van der Waals surface area contributed by atoms with Crippen molar-refractivity contribution >= 4 is 28.8 Å². The number of anilines is 1. The second-order valence-corrected chi connectivity index (χ2v) is 6.23. The van der Waals surface area contributed by atoms with E-state index in [-0.39, 0.29) is 5.56 Å². The lowest BCUT2D eigenvalue weighted by Crippen LogP contribution is -2.31. The molecule has 3 aromatic rings. The van der Waals surface area contributed by atoms with Crippen molar-refractivity contribution in [1.82, 2.24) is 9.55 Å². The zero-order chi connectivity index (χ0) is 17.6. The van der Waals surface area contributed by atoms with Gasteiger partial charge >= 0.3 is 0 Å². The molecule has 0 unspecified atom stereocenters. The van der Waals surface area contributed by atoms with Gasteiger partial charge in [-0.2, -0.15) is 5.26 Å². The van der Waals surface area contributed by atoms with Crippen molar-refractivity contribution in [3.63, 3.8) is 0 Å². The first-order valence-electron chi connectivity index (χ1n) is 7.80. The molecule has 0 atom stereocenters. The molecule has 0 aliphatic heterocycles.